The van der Waals surface area contributed by atoms with Crippen LogP contribution in [0.4, 0.5) is 5.69 Å². The van der Waals surface area contributed by atoms with Gasteiger partial charge in [0.05, 0.1) is 11.9 Å². The standard InChI is InChI=1S/C18H28N2O4S/c1-5-17(18(21)20-12-10-14(2)11-13-20)24-16-8-6-15(7-9-16)19(3)25(4,22)23/h6-9,14,17H,5,10-13H2,1-4H3. The van der Waals surface area contributed by atoms with Crippen molar-refractivity contribution < 1.29 is 17.9 Å². The minimum Gasteiger partial charge on any atom is -0.481 e. The minimum atomic E-state index is -3.30. The fourth-order valence-electron chi connectivity index (χ4n) is 2.83. The van der Waals surface area contributed by atoms with Gasteiger partial charge in [-0.1, -0.05) is 13.8 Å². The highest BCUT2D eigenvalue weighted by molar-refractivity contribution is 7.92. The zero-order valence-electron chi connectivity index (χ0n) is 15.4. The number of benzene rings is 1. The number of hydrogen-bond acceptors (Lipinski definition) is 4. The number of hydrogen-bond donors (Lipinski definition) is 0. The smallest absolute Gasteiger partial charge is 0.263 e. The number of carbonyl (C=O) groups excluding carboxylic acids is 1. The van der Waals surface area contributed by atoms with Gasteiger partial charge in [-0.15, -0.1) is 0 Å². The number of likely N-dealkylation sites (tertiary alicyclic amines) is 1. The lowest BCUT2D eigenvalue weighted by Gasteiger charge is -2.32. The van der Waals surface area contributed by atoms with Crippen molar-refractivity contribution in [2.24, 2.45) is 5.92 Å². The van der Waals surface area contributed by atoms with Gasteiger partial charge in [0.2, 0.25) is 10.0 Å². The van der Waals surface area contributed by atoms with E-state index in [9.17, 15) is 13.2 Å². The first-order valence-corrected chi connectivity index (χ1v) is 10.6. The van der Waals surface area contributed by atoms with E-state index < -0.39 is 16.1 Å². The first kappa shape index (κ1) is 19.6. The van der Waals surface area contributed by atoms with Crippen molar-refractivity contribution in [2.45, 2.75) is 39.2 Å². The van der Waals surface area contributed by atoms with E-state index in [1.807, 2.05) is 11.8 Å². The first-order chi connectivity index (χ1) is 11.7. The fraction of sp³-hybridized carbons (Fsp3) is 0.611. The van der Waals surface area contributed by atoms with Crippen molar-refractivity contribution in [3.63, 3.8) is 0 Å². The van der Waals surface area contributed by atoms with Crippen LogP contribution >= 0.6 is 0 Å². The van der Waals surface area contributed by atoms with Crippen molar-refractivity contribution in [1.29, 1.82) is 0 Å². The third-order valence-electron chi connectivity index (χ3n) is 4.72. The van der Waals surface area contributed by atoms with Gasteiger partial charge >= 0.3 is 0 Å². The lowest BCUT2D eigenvalue weighted by atomic mass is 9.99. The Balaban J connectivity index is 2.02. The predicted octanol–water partition coefficient (Wildman–Crippen LogP) is 2.50. The van der Waals surface area contributed by atoms with E-state index >= 15 is 0 Å². The molecule has 0 aromatic heterocycles. The summed E-state index contributed by atoms with van der Waals surface area (Å²) in [6.45, 7) is 5.72. The summed E-state index contributed by atoms with van der Waals surface area (Å²) in [5.41, 5.74) is 0.555. The Morgan fingerprint density at radius 1 is 1.28 bits per heavy atom. The van der Waals surface area contributed by atoms with Crippen LogP contribution in [-0.2, 0) is 14.8 Å². The van der Waals surface area contributed by atoms with Crippen molar-refractivity contribution in [3.8, 4) is 5.75 Å². The van der Waals surface area contributed by atoms with Crippen molar-refractivity contribution >= 4 is 21.6 Å². The molecule has 25 heavy (non-hydrogen) atoms. The van der Waals surface area contributed by atoms with Gasteiger partial charge in [-0.05, 0) is 49.4 Å². The van der Waals surface area contributed by atoms with Crippen LogP contribution in [0.3, 0.4) is 0 Å². The van der Waals surface area contributed by atoms with Crippen LogP contribution in [0, 0.1) is 5.92 Å². The Morgan fingerprint density at radius 2 is 1.84 bits per heavy atom. The quantitative estimate of drug-likeness (QED) is 0.774. The van der Waals surface area contributed by atoms with Gasteiger partial charge in [0, 0.05) is 20.1 Å². The number of amides is 1. The van der Waals surface area contributed by atoms with Gasteiger partial charge in [0.25, 0.3) is 5.91 Å². The Morgan fingerprint density at radius 3 is 2.32 bits per heavy atom. The summed E-state index contributed by atoms with van der Waals surface area (Å²) in [5.74, 6) is 1.27. The summed E-state index contributed by atoms with van der Waals surface area (Å²) in [4.78, 5) is 14.5. The van der Waals surface area contributed by atoms with Gasteiger partial charge in [-0.3, -0.25) is 9.10 Å². The van der Waals surface area contributed by atoms with Crippen molar-refractivity contribution in [1.82, 2.24) is 4.90 Å². The molecule has 1 aromatic carbocycles. The molecule has 7 heteroatoms. The average Bonchev–Trinajstić information content (AvgIpc) is 2.59. The second-order valence-corrected chi connectivity index (χ2v) is 8.76. The summed E-state index contributed by atoms with van der Waals surface area (Å²) >= 11 is 0. The van der Waals surface area contributed by atoms with Crippen LogP contribution in [0.25, 0.3) is 0 Å². The number of ether oxygens (including phenoxy) is 1. The van der Waals surface area contributed by atoms with Crippen LogP contribution in [0.5, 0.6) is 5.75 Å². The molecular formula is C18H28N2O4S. The highest BCUT2D eigenvalue weighted by Crippen LogP contribution is 2.23. The maximum atomic E-state index is 12.7. The molecule has 0 spiro atoms. The Labute approximate surface area is 150 Å². The lowest BCUT2D eigenvalue weighted by molar-refractivity contribution is -0.140. The molecule has 2 rings (SSSR count). The summed E-state index contributed by atoms with van der Waals surface area (Å²) < 4.78 is 30.2. The number of rotatable bonds is 6. The van der Waals surface area contributed by atoms with Crippen molar-refractivity contribution in [2.75, 3.05) is 30.7 Å². The van der Waals surface area contributed by atoms with E-state index in [0.29, 0.717) is 23.8 Å². The molecule has 1 unspecified atom stereocenters. The largest absolute Gasteiger partial charge is 0.481 e. The molecule has 0 bridgehead atoms. The molecule has 1 aliphatic heterocycles. The Bertz CT molecular complexity index is 680. The van der Waals surface area contributed by atoms with Crippen LogP contribution in [0.2, 0.25) is 0 Å². The van der Waals surface area contributed by atoms with Gasteiger partial charge in [-0.25, -0.2) is 8.42 Å². The highest BCUT2D eigenvalue weighted by atomic mass is 32.2. The second-order valence-electron chi connectivity index (χ2n) is 6.75. The van der Waals surface area contributed by atoms with Crippen LogP contribution in [0.15, 0.2) is 24.3 Å². The van der Waals surface area contributed by atoms with E-state index in [1.165, 1.54) is 11.4 Å². The molecule has 140 valence electrons. The van der Waals surface area contributed by atoms with Gasteiger partial charge in [0.1, 0.15) is 5.75 Å². The zero-order valence-corrected chi connectivity index (χ0v) is 16.3. The molecule has 1 heterocycles. The Hall–Kier alpha value is -1.76. The summed E-state index contributed by atoms with van der Waals surface area (Å²) in [7, 11) is -1.80. The maximum Gasteiger partial charge on any atom is 0.263 e. The molecule has 1 aromatic rings. The van der Waals surface area contributed by atoms with Gasteiger partial charge < -0.3 is 9.64 Å². The molecule has 0 radical (unpaired) electrons. The normalized spacial score (nSPS) is 17.2. The van der Waals surface area contributed by atoms with Crippen LogP contribution in [0.1, 0.15) is 33.1 Å². The zero-order chi connectivity index (χ0) is 18.6. The number of nitrogens with zero attached hydrogens (tertiary/aromatic N) is 2. The van der Waals surface area contributed by atoms with Crippen molar-refractivity contribution in [3.05, 3.63) is 24.3 Å². The topological polar surface area (TPSA) is 66.9 Å². The molecular weight excluding hydrogens is 340 g/mol. The molecule has 1 atom stereocenters. The molecule has 1 saturated heterocycles. The monoisotopic (exact) mass is 368 g/mol. The van der Waals surface area contributed by atoms with E-state index in [-0.39, 0.29) is 5.91 Å². The molecule has 1 aliphatic rings. The number of piperidine rings is 1. The minimum absolute atomic E-state index is 0.0340. The maximum absolute atomic E-state index is 12.7. The second kappa shape index (κ2) is 8.08. The molecule has 6 nitrogen and oxygen atoms in total. The summed E-state index contributed by atoms with van der Waals surface area (Å²) in [5, 5.41) is 0. The molecule has 1 amide bonds. The highest BCUT2D eigenvalue weighted by Gasteiger charge is 2.27. The summed E-state index contributed by atoms with van der Waals surface area (Å²) in [6.07, 6.45) is 3.31. The average molecular weight is 368 g/mol. The molecule has 1 fully saturated rings. The van der Waals surface area contributed by atoms with E-state index in [1.54, 1.807) is 24.3 Å². The third kappa shape index (κ3) is 5.11. The van der Waals surface area contributed by atoms with E-state index in [0.717, 1.165) is 32.2 Å². The fourth-order valence-corrected chi connectivity index (χ4v) is 3.34. The summed E-state index contributed by atoms with van der Waals surface area (Å²) in [6, 6.07) is 6.75. The number of sulfonamides is 1. The first-order valence-electron chi connectivity index (χ1n) is 8.71. The van der Waals surface area contributed by atoms with Gasteiger partial charge in [-0.2, -0.15) is 0 Å². The van der Waals surface area contributed by atoms with Crippen LogP contribution < -0.4 is 9.04 Å². The SMILES string of the molecule is CCC(Oc1ccc(N(C)S(C)(=O)=O)cc1)C(=O)N1CCC(C)CC1. The van der Waals surface area contributed by atoms with Crippen LogP contribution in [-0.4, -0.2) is 51.7 Å². The third-order valence-corrected chi connectivity index (χ3v) is 5.92. The number of carbonyl (C=O) groups is 1. The Kier molecular flexibility index (Phi) is 6.32. The van der Waals surface area contributed by atoms with Gasteiger partial charge in [0.15, 0.2) is 6.10 Å². The lowest BCUT2D eigenvalue weighted by Crippen LogP contribution is -2.45. The molecule has 0 saturated carbocycles. The number of anilines is 1. The van der Waals surface area contributed by atoms with E-state index in [2.05, 4.69) is 6.92 Å². The van der Waals surface area contributed by atoms with E-state index in [4.69, 9.17) is 4.74 Å². The predicted molar refractivity (Wildman–Crippen MR) is 99.4 cm³/mol. The molecule has 0 aliphatic carbocycles. The molecule has 0 N–H and O–H groups in total.